The van der Waals surface area contributed by atoms with Crippen LogP contribution in [0.15, 0.2) is 79.5 Å². The van der Waals surface area contributed by atoms with E-state index in [0.29, 0.717) is 12.4 Å². The molecule has 0 unspecified atom stereocenters. The summed E-state index contributed by atoms with van der Waals surface area (Å²) in [6, 6.07) is 18.1. The summed E-state index contributed by atoms with van der Waals surface area (Å²) in [4.78, 5) is 8.58. The second kappa shape index (κ2) is 6.96. The Labute approximate surface area is 161 Å². The SMILES string of the molecule is c1ccc(-c2ncn(-c3ccc4[nH]ncc4c3)n2)c(NCc2ccncc2)c1. The molecule has 5 rings (SSSR count). The van der Waals surface area contributed by atoms with Crippen LogP contribution in [0.1, 0.15) is 5.56 Å². The number of nitrogens with zero attached hydrogens (tertiary/aromatic N) is 5. The molecule has 0 amide bonds. The number of aromatic amines is 1. The highest BCUT2D eigenvalue weighted by atomic mass is 15.3. The van der Waals surface area contributed by atoms with E-state index in [-0.39, 0.29) is 0 Å². The van der Waals surface area contributed by atoms with Gasteiger partial charge in [-0.2, -0.15) is 5.10 Å². The van der Waals surface area contributed by atoms with Gasteiger partial charge in [-0.15, -0.1) is 5.10 Å². The van der Waals surface area contributed by atoms with E-state index in [9.17, 15) is 0 Å². The van der Waals surface area contributed by atoms with Crippen molar-refractivity contribution in [3.8, 4) is 17.1 Å². The minimum absolute atomic E-state index is 0.671. The highest BCUT2D eigenvalue weighted by molar-refractivity contribution is 5.80. The maximum Gasteiger partial charge on any atom is 0.183 e. The number of anilines is 1. The summed E-state index contributed by atoms with van der Waals surface area (Å²) in [5.41, 5.74) is 5.04. The van der Waals surface area contributed by atoms with Crippen LogP contribution in [0.3, 0.4) is 0 Å². The molecule has 0 fully saturated rings. The van der Waals surface area contributed by atoms with Crippen LogP contribution in [-0.4, -0.2) is 29.9 Å². The molecular weight excluding hydrogens is 350 g/mol. The van der Waals surface area contributed by atoms with Crippen molar-refractivity contribution in [3.05, 3.63) is 85.1 Å². The molecule has 0 aliphatic heterocycles. The summed E-state index contributed by atoms with van der Waals surface area (Å²) in [6.07, 6.45) is 7.12. The lowest BCUT2D eigenvalue weighted by atomic mass is 10.1. The van der Waals surface area contributed by atoms with Gasteiger partial charge in [-0.3, -0.25) is 10.1 Å². The summed E-state index contributed by atoms with van der Waals surface area (Å²) in [5, 5.41) is 16.2. The topological polar surface area (TPSA) is 84.3 Å². The molecule has 7 heteroatoms. The van der Waals surface area contributed by atoms with Crippen LogP contribution >= 0.6 is 0 Å². The molecule has 0 saturated carbocycles. The van der Waals surface area contributed by atoms with Gasteiger partial charge in [0.2, 0.25) is 0 Å². The molecule has 136 valence electrons. The smallest absolute Gasteiger partial charge is 0.183 e. The van der Waals surface area contributed by atoms with Gasteiger partial charge in [0.1, 0.15) is 6.33 Å². The fourth-order valence-corrected chi connectivity index (χ4v) is 3.11. The number of fused-ring (bicyclic) bond motifs is 1. The third kappa shape index (κ3) is 3.09. The van der Waals surface area contributed by atoms with Crippen molar-refractivity contribution in [2.75, 3.05) is 5.32 Å². The molecule has 2 aromatic carbocycles. The van der Waals surface area contributed by atoms with Crippen LogP contribution < -0.4 is 5.32 Å². The van der Waals surface area contributed by atoms with Crippen molar-refractivity contribution in [3.63, 3.8) is 0 Å². The first-order chi connectivity index (χ1) is 13.9. The van der Waals surface area contributed by atoms with Crippen LogP contribution in [0.25, 0.3) is 28.0 Å². The number of rotatable bonds is 5. The molecule has 0 aliphatic rings. The standard InChI is InChI=1S/C21H17N7/c1-2-4-20(23-12-15-7-9-22-10-8-15)18(3-1)21-24-14-28(27-21)17-5-6-19-16(11-17)13-25-26-19/h1-11,13-14,23H,12H2,(H,25,26). The average molecular weight is 367 g/mol. The maximum absolute atomic E-state index is 4.68. The van der Waals surface area contributed by atoms with Crippen LogP contribution in [0, 0.1) is 0 Å². The zero-order chi connectivity index (χ0) is 18.8. The number of pyridine rings is 1. The lowest BCUT2D eigenvalue weighted by Crippen LogP contribution is -2.01. The fraction of sp³-hybridized carbons (Fsp3) is 0.0476. The molecule has 5 aromatic rings. The summed E-state index contributed by atoms with van der Waals surface area (Å²) in [6.45, 7) is 0.706. The average Bonchev–Trinajstić information content (AvgIpc) is 3.42. The van der Waals surface area contributed by atoms with E-state index < -0.39 is 0 Å². The molecule has 0 bridgehead atoms. The number of para-hydroxylation sites is 1. The van der Waals surface area contributed by atoms with Gasteiger partial charge in [0.15, 0.2) is 5.82 Å². The third-order valence-corrected chi connectivity index (χ3v) is 4.58. The molecule has 28 heavy (non-hydrogen) atoms. The molecule has 2 N–H and O–H groups in total. The highest BCUT2D eigenvalue weighted by Crippen LogP contribution is 2.26. The molecule has 3 aromatic heterocycles. The van der Waals surface area contributed by atoms with Crippen molar-refractivity contribution in [1.82, 2.24) is 29.9 Å². The Hall–Kier alpha value is -4.00. The minimum Gasteiger partial charge on any atom is -0.380 e. The van der Waals surface area contributed by atoms with E-state index in [1.54, 1.807) is 29.6 Å². The Morgan fingerprint density at radius 3 is 2.82 bits per heavy atom. The second-order valence-electron chi connectivity index (χ2n) is 6.41. The van der Waals surface area contributed by atoms with Crippen molar-refractivity contribution in [1.29, 1.82) is 0 Å². The zero-order valence-corrected chi connectivity index (χ0v) is 14.9. The minimum atomic E-state index is 0.671. The van der Waals surface area contributed by atoms with Crippen molar-refractivity contribution < 1.29 is 0 Å². The van der Waals surface area contributed by atoms with Gasteiger partial charge in [0.25, 0.3) is 0 Å². The molecule has 0 aliphatic carbocycles. The van der Waals surface area contributed by atoms with E-state index in [1.807, 2.05) is 54.6 Å². The van der Waals surface area contributed by atoms with Gasteiger partial charge in [-0.25, -0.2) is 9.67 Å². The van der Waals surface area contributed by atoms with Crippen LogP contribution in [0.2, 0.25) is 0 Å². The Balaban J connectivity index is 1.44. The van der Waals surface area contributed by atoms with Crippen LogP contribution in [0.4, 0.5) is 5.69 Å². The molecule has 7 nitrogen and oxygen atoms in total. The van der Waals surface area contributed by atoms with E-state index in [4.69, 9.17) is 0 Å². The monoisotopic (exact) mass is 367 g/mol. The first-order valence-electron chi connectivity index (χ1n) is 8.94. The molecule has 0 atom stereocenters. The molecule has 0 saturated heterocycles. The maximum atomic E-state index is 4.68. The van der Waals surface area contributed by atoms with Crippen LogP contribution in [-0.2, 0) is 6.54 Å². The van der Waals surface area contributed by atoms with Gasteiger partial charge >= 0.3 is 0 Å². The van der Waals surface area contributed by atoms with Gasteiger partial charge in [-0.05, 0) is 48.0 Å². The number of nitrogens with one attached hydrogen (secondary N) is 2. The summed E-state index contributed by atoms with van der Waals surface area (Å²) in [7, 11) is 0. The zero-order valence-electron chi connectivity index (χ0n) is 14.9. The summed E-state index contributed by atoms with van der Waals surface area (Å²) in [5.74, 6) is 0.671. The lowest BCUT2D eigenvalue weighted by Gasteiger charge is -2.10. The van der Waals surface area contributed by atoms with Gasteiger partial charge < -0.3 is 5.32 Å². The Morgan fingerprint density at radius 2 is 1.89 bits per heavy atom. The third-order valence-electron chi connectivity index (χ3n) is 4.58. The Morgan fingerprint density at radius 1 is 1.00 bits per heavy atom. The largest absolute Gasteiger partial charge is 0.380 e. The Kier molecular flexibility index (Phi) is 4.02. The number of aromatic nitrogens is 6. The van der Waals surface area contributed by atoms with E-state index in [1.165, 1.54) is 0 Å². The number of benzene rings is 2. The second-order valence-corrected chi connectivity index (χ2v) is 6.41. The first-order valence-corrected chi connectivity index (χ1v) is 8.94. The normalized spacial score (nSPS) is 11.0. The van der Waals surface area contributed by atoms with Gasteiger partial charge in [0, 0.05) is 35.6 Å². The quantitative estimate of drug-likeness (QED) is 0.493. The van der Waals surface area contributed by atoms with Crippen molar-refractivity contribution in [2.45, 2.75) is 6.54 Å². The Bertz CT molecular complexity index is 1220. The predicted octanol–water partition coefficient (Wildman–Crippen LogP) is 3.82. The van der Waals surface area contributed by atoms with Gasteiger partial charge in [-0.1, -0.05) is 12.1 Å². The highest BCUT2D eigenvalue weighted by Gasteiger charge is 2.11. The first kappa shape index (κ1) is 16.2. The molecule has 0 spiro atoms. The van der Waals surface area contributed by atoms with E-state index in [2.05, 4.69) is 30.6 Å². The van der Waals surface area contributed by atoms with E-state index >= 15 is 0 Å². The van der Waals surface area contributed by atoms with Gasteiger partial charge in [0.05, 0.1) is 17.4 Å². The summed E-state index contributed by atoms with van der Waals surface area (Å²) >= 11 is 0. The lowest BCUT2D eigenvalue weighted by molar-refractivity contribution is 0.883. The number of hydrogen-bond acceptors (Lipinski definition) is 5. The van der Waals surface area contributed by atoms with Crippen molar-refractivity contribution in [2.24, 2.45) is 0 Å². The van der Waals surface area contributed by atoms with Crippen LogP contribution in [0.5, 0.6) is 0 Å². The number of H-pyrrole nitrogens is 1. The molecule has 3 heterocycles. The number of hydrogen-bond donors (Lipinski definition) is 2. The molecular formula is C21H17N7. The molecule has 0 radical (unpaired) electrons. The predicted molar refractivity (Wildman–Crippen MR) is 108 cm³/mol. The summed E-state index contributed by atoms with van der Waals surface area (Å²) < 4.78 is 1.78. The fourth-order valence-electron chi connectivity index (χ4n) is 3.11. The van der Waals surface area contributed by atoms with Crippen molar-refractivity contribution >= 4 is 16.6 Å². The van der Waals surface area contributed by atoms with E-state index in [0.717, 1.165) is 33.4 Å².